The molecule has 2 fully saturated rings. The van der Waals surface area contributed by atoms with E-state index in [0.29, 0.717) is 43.3 Å². The number of benzene rings is 1. The molecular weight excluding hydrogens is 378 g/mol. The minimum atomic E-state index is -2.97. The van der Waals surface area contributed by atoms with Gasteiger partial charge >= 0.3 is 6.03 Å². The summed E-state index contributed by atoms with van der Waals surface area (Å²) in [5, 5.41) is 3.34. The lowest BCUT2D eigenvalue weighted by Crippen LogP contribution is -2.51. The maximum Gasteiger partial charge on any atom is 0.321 e. The van der Waals surface area contributed by atoms with E-state index in [9.17, 15) is 18.0 Å². The Balaban J connectivity index is 1.46. The lowest BCUT2D eigenvalue weighted by Gasteiger charge is -2.35. The molecule has 1 atom stereocenters. The van der Waals surface area contributed by atoms with Gasteiger partial charge in [0, 0.05) is 43.3 Å². The monoisotopic (exact) mass is 399 g/mol. The third kappa shape index (κ3) is 4.88. The van der Waals surface area contributed by atoms with Crippen LogP contribution in [0.2, 0.25) is 5.02 Å². The summed E-state index contributed by atoms with van der Waals surface area (Å²) >= 11 is 5.91. The summed E-state index contributed by atoms with van der Waals surface area (Å²) in [6.07, 6.45) is 0.837. The van der Waals surface area contributed by atoms with Crippen molar-refractivity contribution in [3.63, 3.8) is 0 Å². The Hall–Kier alpha value is -1.80. The average Bonchev–Trinajstić information content (AvgIpc) is 2.93. The summed E-state index contributed by atoms with van der Waals surface area (Å²) in [6, 6.07) is 6.71. The van der Waals surface area contributed by atoms with Crippen LogP contribution in [0.25, 0.3) is 0 Å². The van der Waals surface area contributed by atoms with Crippen LogP contribution in [-0.4, -0.2) is 67.8 Å². The van der Waals surface area contributed by atoms with E-state index in [1.54, 1.807) is 34.1 Å². The number of rotatable bonds is 3. The predicted molar refractivity (Wildman–Crippen MR) is 100 cm³/mol. The number of anilines is 1. The van der Waals surface area contributed by atoms with Gasteiger partial charge in [0.25, 0.3) is 0 Å². The maximum atomic E-state index is 12.4. The Bertz CT molecular complexity index is 791. The number of nitrogens with zero attached hydrogens (tertiary/aromatic N) is 2. The van der Waals surface area contributed by atoms with Gasteiger partial charge in [0.2, 0.25) is 5.91 Å². The SMILES string of the molecule is O=C(CC1CCS(=O)(=O)C1)N1CCN(C(=O)Nc2cccc(Cl)c2)CC1. The predicted octanol–water partition coefficient (Wildman–Crippen LogP) is 1.84. The largest absolute Gasteiger partial charge is 0.339 e. The summed E-state index contributed by atoms with van der Waals surface area (Å²) in [5.74, 6) is 0.196. The molecular formula is C17H22ClN3O4S. The number of carbonyl (C=O) groups excluding carboxylic acids is 2. The molecule has 0 radical (unpaired) electrons. The molecule has 2 aliphatic heterocycles. The Labute approximate surface area is 158 Å². The van der Waals surface area contributed by atoms with Crippen LogP contribution in [0.4, 0.5) is 10.5 Å². The number of hydrogen-bond acceptors (Lipinski definition) is 4. The first kappa shape index (κ1) is 19.0. The highest BCUT2D eigenvalue weighted by Crippen LogP contribution is 2.23. The van der Waals surface area contributed by atoms with E-state index in [0.717, 1.165) is 0 Å². The van der Waals surface area contributed by atoms with Crippen LogP contribution in [0.5, 0.6) is 0 Å². The summed E-state index contributed by atoms with van der Waals surface area (Å²) in [6.45, 7) is 1.81. The molecule has 1 aromatic carbocycles. The van der Waals surface area contributed by atoms with Crippen molar-refractivity contribution in [1.82, 2.24) is 9.80 Å². The first-order chi connectivity index (χ1) is 12.3. The second-order valence-electron chi connectivity index (χ2n) is 6.78. The van der Waals surface area contributed by atoms with Crippen molar-refractivity contribution in [1.29, 1.82) is 0 Å². The molecule has 0 aromatic heterocycles. The fourth-order valence-corrected chi connectivity index (χ4v) is 5.39. The standard InChI is InChI=1S/C17H22ClN3O4S/c18-14-2-1-3-15(11-14)19-17(23)21-7-5-20(6-8-21)16(22)10-13-4-9-26(24,25)12-13/h1-3,11,13H,4-10,12H2,(H,19,23). The molecule has 2 heterocycles. The number of carbonyl (C=O) groups is 2. The van der Waals surface area contributed by atoms with Gasteiger partial charge in [0.1, 0.15) is 0 Å². The molecule has 142 valence electrons. The Kier molecular flexibility index (Phi) is 5.72. The number of halogens is 1. The normalized spacial score (nSPS) is 22.3. The number of hydrogen-bond donors (Lipinski definition) is 1. The van der Waals surface area contributed by atoms with Gasteiger partial charge < -0.3 is 15.1 Å². The van der Waals surface area contributed by atoms with Crippen LogP contribution < -0.4 is 5.32 Å². The highest BCUT2D eigenvalue weighted by molar-refractivity contribution is 7.91. The van der Waals surface area contributed by atoms with Crippen molar-refractivity contribution in [2.24, 2.45) is 5.92 Å². The minimum absolute atomic E-state index is 0.0259. The first-order valence-electron chi connectivity index (χ1n) is 8.62. The first-order valence-corrected chi connectivity index (χ1v) is 10.8. The van der Waals surface area contributed by atoms with Gasteiger partial charge in [-0.25, -0.2) is 13.2 Å². The van der Waals surface area contributed by atoms with E-state index in [-0.39, 0.29) is 35.8 Å². The molecule has 0 saturated carbocycles. The highest BCUT2D eigenvalue weighted by Gasteiger charge is 2.32. The molecule has 2 saturated heterocycles. The molecule has 3 amide bonds. The summed E-state index contributed by atoms with van der Waals surface area (Å²) in [4.78, 5) is 28.0. The quantitative estimate of drug-likeness (QED) is 0.840. The molecule has 3 rings (SSSR count). The van der Waals surface area contributed by atoms with Gasteiger partial charge in [-0.3, -0.25) is 4.79 Å². The van der Waals surface area contributed by atoms with Crippen LogP contribution in [0.15, 0.2) is 24.3 Å². The van der Waals surface area contributed by atoms with E-state index in [2.05, 4.69) is 5.32 Å². The van der Waals surface area contributed by atoms with Crippen molar-refractivity contribution in [3.05, 3.63) is 29.3 Å². The van der Waals surface area contributed by atoms with Gasteiger partial charge in [-0.15, -0.1) is 0 Å². The van der Waals surface area contributed by atoms with Crippen molar-refractivity contribution >= 4 is 39.1 Å². The second kappa shape index (κ2) is 7.84. The van der Waals surface area contributed by atoms with Crippen molar-refractivity contribution in [2.75, 3.05) is 43.0 Å². The van der Waals surface area contributed by atoms with E-state index in [4.69, 9.17) is 11.6 Å². The van der Waals surface area contributed by atoms with Crippen molar-refractivity contribution in [2.45, 2.75) is 12.8 Å². The topological polar surface area (TPSA) is 86.8 Å². The fourth-order valence-electron chi connectivity index (χ4n) is 3.34. The zero-order valence-electron chi connectivity index (χ0n) is 14.4. The highest BCUT2D eigenvalue weighted by atomic mass is 35.5. The van der Waals surface area contributed by atoms with Crippen LogP contribution in [0.1, 0.15) is 12.8 Å². The zero-order chi connectivity index (χ0) is 18.7. The molecule has 2 aliphatic rings. The molecule has 9 heteroatoms. The zero-order valence-corrected chi connectivity index (χ0v) is 15.9. The van der Waals surface area contributed by atoms with Crippen LogP contribution in [-0.2, 0) is 14.6 Å². The Morgan fingerprint density at radius 2 is 1.85 bits per heavy atom. The van der Waals surface area contributed by atoms with Gasteiger partial charge in [-0.2, -0.15) is 0 Å². The van der Waals surface area contributed by atoms with E-state index < -0.39 is 9.84 Å². The summed E-state index contributed by atoms with van der Waals surface area (Å²) in [5.41, 5.74) is 0.628. The van der Waals surface area contributed by atoms with Crippen LogP contribution in [0.3, 0.4) is 0 Å². The third-order valence-electron chi connectivity index (χ3n) is 4.79. The number of amides is 3. The summed E-state index contributed by atoms with van der Waals surface area (Å²) in [7, 11) is -2.97. The second-order valence-corrected chi connectivity index (χ2v) is 9.45. The van der Waals surface area contributed by atoms with Gasteiger partial charge in [-0.05, 0) is 30.5 Å². The molecule has 0 bridgehead atoms. The molecule has 7 nitrogen and oxygen atoms in total. The van der Waals surface area contributed by atoms with E-state index in [1.807, 2.05) is 0 Å². The molecule has 0 aliphatic carbocycles. The van der Waals surface area contributed by atoms with Crippen molar-refractivity contribution in [3.8, 4) is 0 Å². The average molecular weight is 400 g/mol. The Morgan fingerprint density at radius 3 is 2.46 bits per heavy atom. The number of urea groups is 1. The smallest absolute Gasteiger partial charge is 0.321 e. The lowest BCUT2D eigenvalue weighted by molar-refractivity contribution is -0.133. The molecule has 1 unspecified atom stereocenters. The third-order valence-corrected chi connectivity index (χ3v) is 6.86. The van der Waals surface area contributed by atoms with Gasteiger partial charge in [-0.1, -0.05) is 17.7 Å². The lowest BCUT2D eigenvalue weighted by atomic mass is 10.0. The van der Waals surface area contributed by atoms with Gasteiger partial charge in [0.05, 0.1) is 11.5 Å². The summed E-state index contributed by atoms with van der Waals surface area (Å²) < 4.78 is 23.0. The van der Waals surface area contributed by atoms with E-state index in [1.165, 1.54) is 0 Å². The molecule has 1 aromatic rings. The number of sulfone groups is 1. The molecule has 0 spiro atoms. The number of piperazine rings is 1. The Morgan fingerprint density at radius 1 is 1.15 bits per heavy atom. The minimum Gasteiger partial charge on any atom is -0.339 e. The van der Waals surface area contributed by atoms with E-state index >= 15 is 0 Å². The molecule has 26 heavy (non-hydrogen) atoms. The van der Waals surface area contributed by atoms with Crippen molar-refractivity contribution < 1.29 is 18.0 Å². The van der Waals surface area contributed by atoms with Gasteiger partial charge in [0.15, 0.2) is 9.84 Å². The number of nitrogens with one attached hydrogen (secondary N) is 1. The fraction of sp³-hybridized carbons (Fsp3) is 0.529. The van der Waals surface area contributed by atoms with Crippen LogP contribution in [0, 0.1) is 5.92 Å². The maximum absolute atomic E-state index is 12.4. The van der Waals surface area contributed by atoms with Crippen LogP contribution >= 0.6 is 11.6 Å². The molecule has 1 N–H and O–H groups in total.